The minimum Gasteiger partial charge on any atom is -0.389 e. The zero-order valence-electron chi connectivity index (χ0n) is 13.2. The Hall–Kier alpha value is -2.33. The van der Waals surface area contributed by atoms with Crippen LogP contribution in [-0.2, 0) is 11.2 Å². The second-order valence-electron chi connectivity index (χ2n) is 6.10. The Morgan fingerprint density at radius 2 is 2.29 bits per heavy atom. The largest absolute Gasteiger partial charge is 0.389 e. The molecule has 10 heteroatoms. The summed E-state index contributed by atoms with van der Waals surface area (Å²) >= 11 is 0. The number of H-pyrrole nitrogens is 1. The van der Waals surface area contributed by atoms with Gasteiger partial charge in [0.05, 0.1) is 18.4 Å². The molecule has 10 nitrogen and oxygen atoms in total. The SMILES string of the molecule is OC1CN(c2nc(NCCc3nn[nH]n3)cc(C3CCOC3)n2)C1. The Labute approximate surface area is 138 Å². The second kappa shape index (κ2) is 6.65. The van der Waals surface area contributed by atoms with Gasteiger partial charge in [0, 0.05) is 44.6 Å². The molecule has 2 aromatic rings. The summed E-state index contributed by atoms with van der Waals surface area (Å²) in [6.45, 7) is 3.27. The molecule has 4 rings (SSSR count). The van der Waals surface area contributed by atoms with Crippen LogP contribution in [0.15, 0.2) is 6.07 Å². The van der Waals surface area contributed by atoms with E-state index in [-0.39, 0.29) is 6.10 Å². The van der Waals surface area contributed by atoms with Gasteiger partial charge in [0.15, 0.2) is 5.82 Å². The molecule has 1 unspecified atom stereocenters. The van der Waals surface area contributed by atoms with Gasteiger partial charge in [-0.2, -0.15) is 10.2 Å². The van der Waals surface area contributed by atoms with Crippen molar-refractivity contribution in [2.24, 2.45) is 0 Å². The highest BCUT2D eigenvalue weighted by Gasteiger charge is 2.28. The molecule has 2 aromatic heterocycles. The van der Waals surface area contributed by atoms with Crippen molar-refractivity contribution in [3.05, 3.63) is 17.6 Å². The first-order chi connectivity index (χ1) is 11.8. The van der Waals surface area contributed by atoms with E-state index in [1.807, 2.05) is 11.0 Å². The van der Waals surface area contributed by atoms with Crippen LogP contribution in [0.4, 0.5) is 11.8 Å². The molecule has 2 fully saturated rings. The molecule has 128 valence electrons. The average Bonchev–Trinajstić information content (AvgIpc) is 3.25. The van der Waals surface area contributed by atoms with Crippen LogP contribution < -0.4 is 10.2 Å². The minimum absolute atomic E-state index is 0.290. The predicted molar refractivity (Wildman–Crippen MR) is 84.8 cm³/mol. The van der Waals surface area contributed by atoms with E-state index in [0.29, 0.717) is 50.4 Å². The van der Waals surface area contributed by atoms with Crippen LogP contribution in [0.5, 0.6) is 0 Å². The van der Waals surface area contributed by atoms with Crippen molar-refractivity contribution in [1.29, 1.82) is 0 Å². The highest BCUT2D eigenvalue weighted by Crippen LogP contribution is 2.28. The van der Waals surface area contributed by atoms with E-state index in [1.54, 1.807) is 0 Å². The van der Waals surface area contributed by atoms with E-state index in [2.05, 4.69) is 35.9 Å². The number of tetrazole rings is 1. The summed E-state index contributed by atoms with van der Waals surface area (Å²) in [5.41, 5.74) is 0.987. The van der Waals surface area contributed by atoms with Crippen LogP contribution >= 0.6 is 0 Å². The molecule has 0 radical (unpaired) electrons. The van der Waals surface area contributed by atoms with E-state index in [1.165, 1.54) is 0 Å². The lowest BCUT2D eigenvalue weighted by atomic mass is 10.0. The third kappa shape index (κ3) is 3.29. The maximum Gasteiger partial charge on any atom is 0.227 e. The number of hydrogen-bond donors (Lipinski definition) is 3. The third-order valence-electron chi connectivity index (χ3n) is 4.27. The molecule has 2 aliphatic heterocycles. The highest BCUT2D eigenvalue weighted by molar-refractivity contribution is 5.46. The summed E-state index contributed by atoms with van der Waals surface area (Å²) in [5.74, 6) is 2.39. The summed E-state index contributed by atoms with van der Waals surface area (Å²) in [5, 5.41) is 26.7. The van der Waals surface area contributed by atoms with Gasteiger partial charge in [0.25, 0.3) is 0 Å². The van der Waals surface area contributed by atoms with Gasteiger partial charge in [-0.3, -0.25) is 0 Å². The minimum atomic E-state index is -0.290. The maximum absolute atomic E-state index is 9.52. The summed E-state index contributed by atoms with van der Waals surface area (Å²) in [6.07, 6.45) is 1.34. The Kier molecular flexibility index (Phi) is 4.22. The fourth-order valence-electron chi connectivity index (χ4n) is 2.87. The number of ether oxygens (including phenoxy) is 1. The van der Waals surface area contributed by atoms with Crippen molar-refractivity contribution in [2.45, 2.75) is 24.9 Å². The van der Waals surface area contributed by atoms with Crippen LogP contribution in [0.1, 0.15) is 23.9 Å². The zero-order chi connectivity index (χ0) is 16.4. The number of aromatic amines is 1. The first kappa shape index (κ1) is 15.2. The molecule has 0 saturated carbocycles. The standard InChI is InChI=1S/C14H20N8O2/c23-10-6-22(7-10)14-16-11(9-2-4-24-8-9)5-13(17-14)15-3-1-12-18-20-21-19-12/h5,9-10,23H,1-4,6-8H2,(H,15,16,17)(H,18,19,20,21). The number of aliphatic hydroxyl groups excluding tert-OH is 1. The number of nitrogens with one attached hydrogen (secondary N) is 2. The molecule has 4 heterocycles. The van der Waals surface area contributed by atoms with E-state index in [4.69, 9.17) is 4.74 Å². The summed E-state index contributed by atoms with van der Waals surface area (Å²) in [6, 6.07) is 1.98. The van der Waals surface area contributed by atoms with Crippen LogP contribution in [0, 0.1) is 0 Å². The van der Waals surface area contributed by atoms with E-state index in [9.17, 15) is 5.11 Å². The molecule has 2 aliphatic rings. The smallest absolute Gasteiger partial charge is 0.227 e. The van der Waals surface area contributed by atoms with Gasteiger partial charge in [0.1, 0.15) is 5.82 Å². The van der Waals surface area contributed by atoms with Gasteiger partial charge in [-0.25, -0.2) is 4.98 Å². The van der Waals surface area contributed by atoms with Gasteiger partial charge < -0.3 is 20.1 Å². The zero-order valence-corrected chi connectivity index (χ0v) is 13.2. The molecule has 0 aliphatic carbocycles. The average molecular weight is 332 g/mol. The predicted octanol–water partition coefficient (Wildman–Crippen LogP) is -0.671. The molecular weight excluding hydrogens is 312 g/mol. The second-order valence-corrected chi connectivity index (χ2v) is 6.10. The van der Waals surface area contributed by atoms with Crippen LogP contribution in [0.3, 0.4) is 0 Å². The highest BCUT2D eigenvalue weighted by atomic mass is 16.5. The van der Waals surface area contributed by atoms with E-state index in [0.717, 1.165) is 24.5 Å². The summed E-state index contributed by atoms with van der Waals surface area (Å²) < 4.78 is 5.48. The molecule has 0 bridgehead atoms. The number of anilines is 2. The quantitative estimate of drug-likeness (QED) is 0.631. The molecule has 2 saturated heterocycles. The number of aromatic nitrogens is 6. The van der Waals surface area contributed by atoms with Crippen molar-refractivity contribution < 1.29 is 9.84 Å². The Morgan fingerprint density at radius 3 is 3.00 bits per heavy atom. The molecule has 0 spiro atoms. The number of rotatable bonds is 6. The van der Waals surface area contributed by atoms with Gasteiger partial charge in [-0.05, 0) is 6.42 Å². The van der Waals surface area contributed by atoms with Gasteiger partial charge >= 0.3 is 0 Å². The molecule has 3 N–H and O–H groups in total. The number of nitrogens with zero attached hydrogens (tertiary/aromatic N) is 6. The maximum atomic E-state index is 9.52. The summed E-state index contributed by atoms with van der Waals surface area (Å²) in [4.78, 5) is 11.2. The fraction of sp³-hybridized carbons (Fsp3) is 0.643. The van der Waals surface area contributed by atoms with Gasteiger partial charge in [-0.15, -0.1) is 10.2 Å². The molecular formula is C14H20N8O2. The van der Waals surface area contributed by atoms with Crippen molar-refractivity contribution >= 4 is 11.8 Å². The molecule has 0 aromatic carbocycles. The number of hydrogen-bond acceptors (Lipinski definition) is 9. The Balaban J connectivity index is 1.48. The molecule has 0 amide bonds. The Bertz CT molecular complexity index is 667. The number of β-amino-alcohol motifs (C(OH)–C–C–N with tert-alkyl or cyclic N) is 1. The van der Waals surface area contributed by atoms with Gasteiger partial charge in [0.2, 0.25) is 5.95 Å². The van der Waals surface area contributed by atoms with E-state index >= 15 is 0 Å². The van der Waals surface area contributed by atoms with Crippen molar-refractivity contribution in [3.63, 3.8) is 0 Å². The normalized spacial score (nSPS) is 21.0. The first-order valence-electron chi connectivity index (χ1n) is 8.14. The first-order valence-corrected chi connectivity index (χ1v) is 8.14. The summed E-state index contributed by atoms with van der Waals surface area (Å²) in [7, 11) is 0. The van der Waals surface area contributed by atoms with Crippen LogP contribution in [-0.4, -0.2) is 74.7 Å². The van der Waals surface area contributed by atoms with E-state index < -0.39 is 0 Å². The lowest BCUT2D eigenvalue weighted by molar-refractivity contribution is 0.140. The van der Waals surface area contributed by atoms with Crippen LogP contribution in [0.25, 0.3) is 0 Å². The van der Waals surface area contributed by atoms with Crippen molar-refractivity contribution in [1.82, 2.24) is 30.6 Å². The monoisotopic (exact) mass is 332 g/mol. The fourth-order valence-corrected chi connectivity index (χ4v) is 2.87. The van der Waals surface area contributed by atoms with Crippen LogP contribution in [0.2, 0.25) is 0 Å². The topological polar surface area (TPSA) is 125 Å². The van der Waals surface area contributed by atoms with Crippen molar-refractivity contribution in [3.8, 4) is 0 Å². The third-order valence-corrected chi connectivity index (χ3v) is 4.27. The molecule has 24 heavy (non-hydrogen) atoms. The Morgan fingerprint density at radius 1 is 1.38 bits per heavy atom. The number of aliphatic hydroxyl groups is 1. The lowest BCUT2D eigenvalue weighted by Gasteiger charge is -2.36. The van der Waals surface area contributed by atoms with Gasteiger partial charge in [-0.1, -0.05) is 5.21 Å². The lowest BCUT2D eigenvalue weighted by Crippen LogP contribution is -2.51. The van der Waals surface area contributed by atoms with Crippen molar-refractivity contribution in [2.75, 3.05) is 43.1 Å². The molecule has 1 atom stereocenters.